The summed E-state index contributed by atoms with van der Waals surface area (Å²) in [5.74, 6) is 1.29. The van der Waals surface area contributed by atoms with Crippen LogP contribution >= 0.6 is 0 Å². The first-order chi connectivity index (χ1) is 10.7. The molecule has 5 heteroatoms. The molecule has 1 aliphatic rings. The van der Waals surface area contributed by atoms with Crippen LogP contribution in [-0.2, 0) is 20.8 Å². The van der Waals surface area contributed by atoms with Crippen LogP contribution in [0.25, 0.3) is 0 Å². The van der Waals surface area contributed by atoms with Crippen molar-refractivity contribution in [3.63, 3.8) is 0 Å². The van der Waals surface area contributed by atoms with Crippen LogP contribution in [0.1, 0.15) is 25.8 Å². The zero-order valence-electron chi connectivity index (χ0n) is 13.3. The van der Waals surface area contributed by atoms with Gasteiger partial charge in [0.2, 0.25) is 0 Å². The molecule has 1 saturated heterocycles. The molecule has 1 unspecified atom stereocenters. The van der Waals surface area contributed by atoms with E-state index in [1.54, 1.807) is 0 Å². The van der Waals surface area contributed by atoms with Gasteiger partial charge in [-0.1, -0.05) is 32.0 Å². The predicted octanol–water partition coefficient (Wildman–Crippen LogP) is 2.14. The molecular weight excluding hydrogens is 282 g/mol. The molecule has 1 aromatic rings. The summed E-state index contributed by atoms with van der Waals surface area (Å²) < 4.78 is 16.4. The van der Waals surface area contributed by atoms with Gasteiger partial charge >= 0.3 is 0 Å². The number of para-hydroxylation sites is 1. The lowest BCUT2D eigenvalue weighted by atomic mass is 10.1. The van der Waals surface area contributed by atoms with Crippen LogP contribution < -0.4 is 10.1 Å². The van der Waals surface area contributed by atoms with E-state index in [0.29, 0.717) is 38.9 Å². The first-order valence-corrected chi connectivity index (χ1v) is 7.84. The number of hydrogen-bond donors (Lipinski definition) is 1. The highest BCUT2D eigenvalue weighted by molar-refractivity contribution is 5.81. The third-order valence-corrected chi connectivity index (χ3v) is 3.49. The Morgan fingerprint density at radius 2 is 2.18 bits per heavy atom. The van der Waals surface area contributed by atoms with Crippen molar-refractivity contribution in [2.24, 2.45) is 5.92 Å². The van der Waals surface area contributed by atoms with Gasteiger partial charge < -0.3 is 19.5 Å². The molecule has 0 bridgehead atoms. The van der Waals surface area contributed by atoms with E-state index in [1.807, 2.05) is 24.3 Å². The maximum atomic E-state index is 12.0. The quantitative estimate of drug-likeness (QED) is 0.838. The Balaban J connectivity index is 1.84. The average Bonchev–Trinajstić information content (AvgIpc) is 2.54. The van der Waals surface area contributed by atoms with Gasteiger partial charge in [-0.2, -0.15) is 0 Å². The molecule has 0 aromatic heterocycles. The highest BCUT2D eigenvalue weighted by atomic mass is 16.6. The van der Waals surface area contributed by atoms with Gasteiger partial charge in [0.05, 0.1) is 26.4 Å². The number of benzene rings is 1. The SMILES string of the molecule is CC(C)CCOc1ccccc1CNC(=O)C1COCCO1. The van der Waals surface area contributed by atoms with E-state index < -0.39 is 6.10 Å². The molecule has 22 heavy (non-hydrogen) atoms. The minimum atomic E-state index is -0.511. The van der Waals surface area contributed by atoms with Gasteiger partial charge in [-0.15, -0.1) is 0 Å². The van der Waals surface area contributed by atoms with E-state index in [4.69, 9.17) is 14.2 Å². The molecule has 5 nitrogen and oxygen atoms in total. The average molecular weight is 307 g/mol. The Kier molecular flexibility index (Phi) is 6.68. The topological polar surface area (TPSA) is 56.8 Å². The molecule has 0 aliphatic carbocycles. The van der Waals surface area contributed by atoms with E-state index >= 15 is 0 Å². The third kappa shape index (κ3) is 5.31. The second-order valence-corrected chi connectivity index (χ2v) is 5.79. The van der Waals surface area contributed by atoms with Crippen LogP contribution in [0.3, 0.4) is 0 Å². The fraction of sp³-hybridized carbons (Fsp3) is 0.588. The van der Waals surface area contributed by atoms with E-state index in [0.717, 1.165) is 17.7 Å². The summed E-state index contributed by atoms with van der Waals surface area (Å²) in [7, 11) is 0. The fourth-order valence-corrected chi connectivity index (χ4v) is 2.13. The standard InChI is InChI=1S/C17H25NO4/c1-13(2)7-8-21-15-6-4-3-5-14(15)11-18-17(19)16-12-20-9-10-22-16/h3-6,13,16H,7-12H2,1-2H3,(H,18,19). The maximum Gasteiger partial charge on any atom is 0.251 e. The number of ether oxygens (including phenoxy) is 3. The molecule has 1 amide bonds. The van der Waals surface area contributed by atoms with Gasteiger partial charge in [-0.05, 0) is 18.4 Å². The predicted molar refractivity (Wildman–Crippen MR) is 83.8 cm³/mol. The molecule has 0 spiro atoms. The highest BCUT2D eigenvalue weighted by Gasteiger charge is 2.22. The first kappa shape index (κ1) is 16.8. The van der Waals surface area contributed by atoms with Crippen LogP contribution in [-0.4, -0.2) is 38.4 Å². The summed E-state index contributed by atoms with van der Waals surface area (Å²) in [6, 6.07) is 7.77. The van der Waals surface area contributed by atoms with Crippen molar-refractivity contribution in [2.45, 2.75) is 32.9 Å². The second-order valence-electron chi connectivity index (χ2n) is 5.79. The molecule has 0 radical (unpaired) electrons. The van der Waals surface area contributed by atoms with Crippen molar-refractivity contribution < 1.29 is 19.0 Å². The largest absolute Gasteiger partial charge is 0.493 e. The lowest BCUT2D eigenvalue weighted by Gasteiger charge is -2.22. The molecule has 1 fully saturated rings. The molecule has 122 valence electrons. The first-order valence-electron chi connectivity index (χ1n) is 7.84. The van der Waals surface area contributed by atoms with Crippen LogP contribution in [0.15, 0.2) is 24.3 Å². The summed E-state index contributed by atoms with van der Waals surface area (Å²) >= 11 is 0. The normalized spacial score (nSPS) is 18.2. The summed E-state index contributed by atoms with van der Waals surface area (Å²) in [5, 5.41) is 2.88. The molecular formula is C17H25NO4. The summed E-state index contributed by atoms with van der Waals surface area (Å²) in [6.45, 7) is 6.78. The van der Waals surface area contributed by atoms with E-state index in [2.05, 4.69) is 19.2 Å². The Labute approximate surface area is 131 Å². The van der Waals surface area contributed by atoms with Crippen molar-refractivity contribution in [2.75, 3.05) is 26.4 Å². The highest BCUT2D eigenvalue weighted by Crippen LogP contribution is 2.18. The van der Waals surface area contributed by atoms with Crippen LogP contribution in [0.2, 0.25) is 0 Å². The van der Waals surface area contributed by atoms with Gasteiger partial charge in [-0.25, -0.2) is 0 Å². The number of nitrogens with one attached hydrogen (secondary N) is 1. The van der Waals surface area contributed by atoms with Crippen LogP contribution in [0, 0.1) is 5.92 Å². The Bertz CT molecular complexity index is 469. The number of amides is 1. The zero-order chi connectivity index (χ0) is 15.8. The lowest BCUT2D eigenvalue weighted by molar-refractivity contribution is -0.147. The summed E-state index contributed by atoms with van der Waals surface area (Å²) in [6.07, 6.45) is 0.497. The molecule has 1 heterocycles. The number of carbonyl (C=O) groups excluding carboxylic acids is 1. The number of carbonyl (C=O) groups is 1. The van der Waals surface area contributed by atoms with Gasteiger partial charge in [0.15, 0.2) is 6.10 Å². The molecule has 1 atom stereocenters. The maximum absolute atomic E-state index is 12.0. The van der Waals surface area contributed by atoms with Gasteiger partial charge in [0.1, 0.15) is 5.75 Å². The minimum absolute atomic E-state index is 0.142. The molecule has 1 aliphatic heterocycles. The van der Waals surface area contributed by atoms with Crippen molar-refractivity contribution in [1.29, 1.82) is 0 Å². The zero-order valence-corrected chi connectivity index (χ0v) is 13.3. The van der Waals surface area contributed by atoms with E-state index in [-0.39, 0.29) is 5.91 Å². The van der Waals surface area contributed by atoms with Crippen LogP contribution in [0.4, 0.5) is 0 Å². The molecule has 0 saturated carbocycles. The Morgan fingerprint density at radius 1 is 1.36 bits per heavy atom. The summed E-state index contributed by atoms with van der Waals surface area (Å²) in [4.78, 5) is 12.0. The van der Waals surface area contributed by atoms with Gasteiger partial charge in [-0.3, -0.25) is 4.79 Å². The smallest absolute Gasteiger partial charge is 0.251 e. The van der Waals surface area contributed by atoms with Crippen molar-refractivity contribution in [3.05, 3.63) is 29.8 Å². The second kappa shape index (κ2) is 8.76. The van der Waals surface area contributed by atoms with Crippen molar-refractivity contribution in [3.8, 4) is 5.75 Å². The Hall–Kier alpha value is -1.59. The van der Waals surface area contributed by atoms with Gasteiger partial charge in [0.25, 0.3) is 5.91 Å². The molecule has 2 rings (SSSR count). The fourth-order valence-electron chi connectivity index (χ4n) is 2.13. The number of rotatable bonds is 7. The van der Waals surface area contributed by atoms with E-state index in [1.165, 1.54) is 0 Å². The van der Waals surface area contributed by atoms with Crippen LogP contribution in [0.5, 0.6) is 5.75 Å². The van der Waals surface area contributed by atoms with Crippen molar-refractivity contribution >= 4 is 5.91 Å². The number of hydrogen-bond acceptors (Lipinski definition) is 4. The molecule has 1 N–H and O–H groups in total. The summed E-state index contributed by atoms with van der Waals surface area (Å²) in [5.41, 5.74) is 0.969. The van der Waals surface area contributed by atoms with Crippen molar-refractivity contribution in [1.82, 2.24) is 5.32 Å². The minimum Gasteiger partial charge on any atom is -0.493 e. The van der Waals surface area contributed by atoms with E-state index in [9.17, 15) is 4.79 Å². The lowest BCUT2D eigenvalue weighted by Crippen LogP contribution is -2.42. The third-order valence-electron chi connectivity index (χ3n) is 3.49. The monoisotopic (exact) mass is 307 g/mol. The molecule has 1 aromatic carbocycles. The van der Waals surface area contributed by atoms with Gasteiger partial charge in [0, 0.05) is 12.1 Å². The Morgan fingerprint density at radius 3 is 2.91 bits per heavy atom.